The number of anilines is 2. The first-order chi connectivity index (χ1) is 22.8. The highest BCUT2D eigenvalue weighted by atomic mass is 35.5. The average molecular weight is 693 g/mol. The molecule has 47 heavy (non-hydrogen) atoms. The highest BCUT2D eigenvalue weighted by Crippen LogP contribution is 2.42. The molecule has 5 aromatic rings. The summed E-state index contributed by atoms with van der Waals surface area (Å²) >= 11 is 15.5. The molecule has 244 valence electrons. The third-order valence-electron chi connectivity index (χ3n) is 8.03. The van der Waals surface area contributed by atoms with E-state index in [4.69, 9.17) is 38.0 Å². The number of aliphatic carboxylic acids is 1. The SMILES string of the molecule is COc1nc(-c2cccc(-c3cccc(Nc4nccc5sc(CNCC(=O)O)nc45)c3Cl)c2Cl)ccc1CNCC1CCC(C)N1. The summed E-state index contributed by atoms with van der Waals surface area (Å²) in [5.41, 5.74) is 5.26. The van der Waals surface area contributed by atoms with Gasteiger partial charge in [0.05, 0.1) is 39.8 Å². The van der Waals surface area contributed by atoms with E-state index in [1.165, 1.54) is 24.2 Å². The van der Waals surface area contributed by atoms with Crippen LogP contribution in [0.1, 0.15) is 30.3 Å². The van der Waals surface area contributed by atoms with Crippen molar-refractivity contribution in [3.05, 3.63) is 81.4 Å². The minimum Gasteiger partial charge on any atom is -0.481 e. The van der Waals surface area contributed by atoms with Crippen LogP contribution < -0.4 is 26.0 Å². The van der Waals surface area contributed by atoms with E-state index in [1.807, 2.05) is 54.6 Å². The van der Waals surface area contributed by atoms with Crippen LogP contribution in [0.2, 0.25) is 10.0 Å². The summed E-state index contributed by atoms with van der Waals surface area (Å²) in [6, 6.07) is 18.4. The van der Waals surface area contributed by atoms with Crippen molar-refractivity contribution in [3.63, 3.8) is 0 Å². The van der Waals surface area contributed by atoms with Crippen molar-refractivity contribution in [1.82, 2.24) is 30.9 Å². The number of ether oxygens (including phenoxy) is 1. The van der Waals surface area contributed by atoms with E-state index in [-0.39, 0.29) is 6.54 Å². The number of aromatic nitrogens is 3. The van der Waals surface area contributed by atoms with E-state index in [2.05, 4.69) is 38.2 Å². The molecule has 0 amide bonds. The molecular formula is C34H35Cl2N7O3S. The number of carbonyl (C=O) groups is 1. The number of thiazole rings is 1. The first-order valence-electron chi connectivity index (χ1n) is 15.3. The number of hydrogen-bond donors (Lipinski definition) is 5. The Kier molecular flexibility index (Phi) is 10.5. The highest BCUT2D eigenvalue weighted by Gasteiger charge is 2.21. The summed E-state index contributed by atoms with van der Waals surface area (Å²) in [5, 5.41) is 24.0. The molecule has 13 heteroatoms. The van der Waals surface area contributed by atoms with Gasteiger partial charge >= 0.3 is 5.97 Å². The third kappa shape index (κ3) is 7.67. The van der Waals surface area contributed by atoms with E-state index in [0.717, 1.165) is 38.5 Å². The van der Waals surface area contributed by atoms with Crippen molar-refractivity contribution >= 4 is 62.2 Å². The van der Waals surface area contributed by atoms with Gasteiger partial charge < -0.3 is 31.1 Å². The molecule has 0 saturated carbocycles. The molecule has 2 atom stereocenters. The molecular weight excluding hydrogens is 657 g/mol. The molecule has 4 heterocycles. The van der Waals surface area contributed by atoms with E-state index in [0.29, 0.717) is 63.8 Å². The van der Waals surface area contributed by atoms with Gasteiger partial charge in [0.2, 0.25) is 5.88 Å². The lowest BCUT2D eigenvalue weighted by atomic mass is 10.00. The van der Waals surface area contributed by atoms with E-state index in [1.54, 1.807) is 13.3 Å². The van der Waals surface area contributed by atoms with Crippen LogP contribution in [0.15, 0.2) is 60.8 Å². The summed E-state index contributed by atoms with van der Waals surface area (Å²) in [7, 11) is 1.63. The Morgan fingerprint density at radius 2 is 1.79 bits per heavy atom. The molecule has 1 saturated heterocycles. The maximum Gasteiger partial charge on any atom is 0.317 e. The first-order valence-corrected chi connectivity index (χ1v) is 16.9. The molecule has 0 aliphatic carbocycles. The number of carboxylic acids is 1. The fourth-order valence-corrected chi connectivity index (χ4v) is 7.27. The molecule has 10 nitrogen and oxygen atoms in total. The van der Waals surface area contributed by atoms with Crippen LogP contribution >= 0.6 is 34.5 Å². The number of nitrogens with one attached hydrogen (secondary N) is 4. The molecule has 0 radical (unpaired) electrons. The lowest BCUT2D eigenvalue weighted by Crippen LogP contribution is -2.36. The van der Waals surface area contributed by atoms with E-state index >= 15 is 0 Å². The number of hydrogen-bond acceptors (Lipinski definition) is 10. The Hall–Kier alpha value is -3.84. The second-order valence-corrected chi connectivity index (χ2v) is 13.3. The van der Waals surface area contributed by atoms with Gasteiger partial charge in [0, 0.05) is 60.2 Å². The van der Waals surface area contributed by atoms with E-state index < -0.39 is 5.97 Å². The zero-order valence-electron chi connectivity index (χ0n) is 25.9. The average Bonchev–Trinajstić information content (AvgIpc) is 3.68. The molecule has 1 aliphatic rings. The molecule has 1 aliphatic heterocycles. The summed E-state index contributed by atoms with van der Waals surface area (Å²) in [4.78, 5) is 24.9. The van der Waals surface area contributed by atoms with Crippen LogP contribution in [0.25, 0.3) is 32.6 Å². The van der Waals surface area contributed by atoms with Crippen molar-refractivity contribution < 1.29 is 14.6 Å². The topological polar surface area (TPSA) is 133 Å². The largest absolute Gasteiger partial charge is 0.481 e. The fraction of sp³-hybridized carbons (Fsp3) is 0.294. The smallest absolute Gasteiger partial charge is 0.317 e. The van der Waals surface area contributed by atoms with Gasteiger partial charge in [-0.3, -0.25) is 4.79 Å². The zero-order valence-corrected chi connectivity index (χ0v) is 28.3. The third-order valence-corrected chi connectivity index (χ3v) is 9.86. The first kappa shape index (κ1) is 33.1. The molecule has 2 unspecified atom stereocenters. The molecule has 6 rings (SSSR count). The van der Waals surface area contributed by atoms with Crippen LogP contribution in [0.3, 0.4) is 0 Å². The van der Waals surface area contributed by atoms with Gasteiger partial charge in [0.15, 0.2) is 5.82 Å². The van der Waals surface area contributed by atoms with Crippen molar-refractivity contribution in [2.24, 2.45) is 0 Å². The number of nitrogens with zero attached hydrogens (tertiary/aromatic N) is 3. The summed E-state index contributed by atoms with van der Waals surface area (Å²) in [5.74, 6) is 0.176. The Labute approximate surface area is 286 Å². The summed E-state index contributed by atoms with van der Waals surface area (Å²) in [6.07, 6.45) is 4.08. The lowest BCUT2D eigenvalue weighted by Gasteiger charge is -2.16. The lowest BCUT2D eigenvalue weighted by molar-refractivity contribution is -0.136. The predicted octanol–water partition coefficient (Wildman–Crippen LogP) is 6.88. The van der Waals surface area contributed by atoms with Gasteiger partial charge in [0.25, 0.3) is 0 Å². The van der Waals surface area contributed by atoms with Crippen LogP contribution in [-0.4, -0.2) is 58.3 Å². The minimum atomic E-state index is -0.922. The number of rotatable bonds is 13. The van der Waals surface area contributed by atoms with Crippen LogP contribution in [0, 0.1) is 0 Å². The molecule has 2 aromatic carbocycles. The van der Waals surface area contributed by atoms with Gasteiger partial charge in [-0.1, -0.05) is 59.6 Å². The van der Waals surface area contributed by atoms with Gasteiger partial charge in [-0.15, -0.1) is 11.3 Å². The Bertz CT molecular complexity index is 1900. The maximum atomic E-state index is 10.9. The number of pyridine rings is 2. The number of fused-ring (bicyclic) bond motifs is 1. The van der Waals surface area contributed by atoms with Crippen molar-refractivity contribution in [2.75, 3.05) is 25.5 Å². The molecule has 0 bridgehead atoms. The minimum absolute atomic E-state index is 0.143. The number of methoxy groups -OCH3 is 1. The van der Waals surface area contributed by atoms with Crippen LogP contribution in [0.5, 0.6) is 5.88 Å². The number of benzene rings is 2. The van der Waals surface area contributed by atoms with Crippen molar-refractivity contribution in [3.8, 4) is 28.3 Å². The second-order valence-electron chi connectivity index (χ2n) is 11.4. The quantitative estimate of drug-likeness (QED) is 0.0889. The molecule has 5 N–H and O–H groups in total. The zero-order chi connectivity index (χ0) is 32.9. The monoisotopic (exact) mass is 691 g/mol. The van der Waals surface area contributed by atoms with Gasteiger partial charge in [-0.25, -0.2) is 15.0 Å². The Morgan fingerprint density at radius 3 is 2.55 bits per heavy atom. The number of carboxylic acid groups (broad SMARTS) is 1. The standard InChI is InChI=1S/C34H35Cl2N7O3S/c1-19-9-11-21(40-19)16-37-15-20-10-12-25(42-34(20)46-2)24-7-3-5-22(30(24)35)23-6-4-8-26(31(23)36)41-33-32-27(13-14-39-33)47-28(43-32)17-38-18-29(44)45/h3-8,10,12-14,19,21,37-38,40H,9,11,15-18H2,1-2H3,(H,39,41)(H,44,45). The molecule has 1 fully saturated rings. The fourth-order valence-electron chi connectivity index (χ4n) is 5.74. The normalized spacial score (nSPS) is 16.1. The molecule has 0 spiro atoms. The summed E-state index contributed by atoms with van der Waals surface area (Å²) < 4.78 is 6.60. The maximum absolute atomic E-state index is 10.9. The van der Waals surface area contributed by atoms with E-state index in [9.17, 15) is 4.79 Å². The highest BCUT2D eigenvalue weighted by molar-refractivity contribution is 7.18. The van der Waals surface area contributed by atoms with Gasteiger partial charge in [-0.05, 0) is 38.0 Å². The van der Waals surface area contributed by atoms with Crippen LogP contribution in [-0.2, 0) is 17.9 Å². The second kappa shape index (κ2) is 14.9. The Morgan fingerprint density at radius 1 is 1.00 bits per heavy atom. The van der Waals surface area contributed by atoms with Crippen molar-refractivity contribution in [1.29, 1.82) is 0 Å². The van der Waals surface area contributed by atoms with Crippen molar-refractivity contribution in [2.45, 2.75) is 44.9 Å². The van der Waals surface area contributed by atoms with Gasteiger partial charge in [-0.2, -0.15) is 0 Å². The number of halogens is 2. The van der Waals surface area contributed by atoms with Gasteiger partial charge in [0.1, 0.15) is 10.5 Å². The molecule has 3 aromatic heterocycles. The van der Waals surface area contributed by atoms with Crippen LogP contribution in [0.4, 0.5) is 11.5 Å². The Balaban J connectivity index is 1.22. The predicted molar refractivity (Wildman–Crippen MR) is 189 cm³/mol. The summed E-state index contributed by atoms with van der Waals surface area (Å²) in [6.45, 7) is 3.96.